The van der Waals surface area contributed by atoms with Crippen LogP contribution in [0.15, 0.2) is 52.4 Å². The Bertz CT molecular complexity index is 860. The van der Waals surface area contributed by atoms with Crippen molar-refractivity contribution >= 4 is 44.4 Å². The molecule has 0 aliphatic rings. The van der Waals surface area contributed by atoms with Gasteiger partial charge >= 0.3 is 5.97 Å². The number of carboxylic acid groups (broad SMARTS) is 1. The van der Waals surface area contributed by atoms with Crippen LogP contribution in [-0.2, 0) is 4.79 Å². The molecule has 112 valence electrons. The van der Waals surface area contributed by atoms with Gasteiger partial charge in [-0.05, 0) is 39.9 Å². The van der Waals surface area contributed by atoms with Gasteiger partial charge in [-0.25, -0.2) is 4.98 Å². The molecule has 1 heterocycles. The second kappa shape index (κ2) is 6.14. The summed E-state index contributed by atoms with van der Waals surface area (Å²) in [5, 5.41) is 11.8. The Balaban J connectivity index is 2.18. The van der Waals surface area contributed by atoms with Crippen LogP contribution in [0.25, 0.3) is 16.5 Å². The first kappa shape index (κ1) is 15.1. The van der Waals surface area contributed by atoms with Gasteiger partial charge in [0, 0.05) is 5.39 Å². The fourth-order valence-electron chi connectivity index (χ4n) is 2.39. The number of aromatic nitrogens is 2. The number of carbonyl (C=O) groups is 1. The average molecular weight is 377 g/mol. The van der Waals surface area contributed by atoms with Crippen molar-refractivity contribution in [3.63, 3.8) is 0 Å². The van der Waals surface area contributed by atoms with Crippen LogP contribution in [0.1, 0.15) is 5.56 Å². The number of fused-ring (bicyclic) bond motifs is 1. The monoisotopic (exact) mass is 376 g/mol. The summed E-state index contributed by atoms with van der Waals surface area (Å²) in [6.45, 7) is 2.08. The summed E-state index contributed by atoms with van der Waals surface area (Å²) >= 11 is 4.71. The summed E-state index contributed by atoms with van der Waals surface area (Å²) in [5.41, 5.74) is 2.19. The predicted molar refractivity (Wildman–Crippen MR) is 91.9 cm³/mol. The minimum atomic E-state index is -0.857. The summed E-state index contributed by atoms with van der Waals surface area (Å²) < 4.78 is 2.74. The number of thioether (sulfide) groups is 1. The number of nitrogens with zero attached hydrogens (tertiary/aromatic N) is 2. The molecule has 2 aromatic carbocycles. The highest BCUT2D eigenvalue weighted by atomic mass is 79.9. The van der Waals surface area contributed by atoms with Gasteiger partial charge in [0.25, 0.3) is 0 Å². The molecular formula is C16H13BrN2O2S. The van der Waals surface area contributed by atoms with Crippen LogP contribution in [0.4, 0.5) is 0 Å². The molecule has 1 N–H and O–H groups in total. The van der Waals surface area contributed by atoms with E-state index in [0.717, 1.165) is 15.7 Å². The van der Waals surface area contributed by atoms with Crippen molar-refractivity contribution in [3.05, 3.63) is 52.8 Å². The lowest BCUT2D eigenvalue weighted by atomic mass is 10.0. The maximum atomic E-state index is 10.8. The lowest BCUT2D eigenvalue weighted by Gasteiger charge is -2.13. The van der Waals surface area contributed by atoms with Crippen molar-refractivity contribution in [2.75, 3.05) is 5.75 Å². The Hall–Kier alpha value is -1.79. The second-order valence-electron chi connectivity index (χ2n) is 4.83. The van der Waals surface area contributed by atoms with Crippen LogP contribution >= 0.6 is 27.7 Å². The molecule has 4 nitrogen and oxygen atoms in total. The van der Waals surface area contributed by atoms with E-state index in [9.17, 15) is 4.79 Å². The first-order chi connectivity index (χ1) is 10.6. The van der Waals surface area contributed by atoms with Gasteiger partial charge < -0.3 is 5.11 Å². The number of carboxylic acids is 1. The quantitative estimate of drug-likeness (QED) is 0.690. The van der Waals surface area contributed by atoms with Crippen LogP contribution < -0.4 is 0 Å². The summed E-state index contributed by atoms with van der Waals surface area (Å²) in [4.78, 5) is 15.1. The molecule has 22 heavy (non-hydrogen) atoms. The molecule has 1 aromatic heterocycles. The molecule has 0 saturated carbocycles. The molecule has 0 spiro atoms. The van der Waals surface area contributed by atoms with Crippen molar-refractivity contribution in [1.82, 2.24) is 9.55 Å². The minimum Gasteiger partial charge on any atom is -0.481 e. The molecule has 0 amide bonds. The molecule has 0 radical (unpaired) electrons. The predicted octanol–water partition coefficient (Wildman–Crippen LogP) is 4.27. The van der Waals surface area contributed by atoms with E-state index in [-0.39, 0.29) is 5.75 Å². The highest BCUT2D eigenvalue weighted by Gasteiger charge is 2.14. The van der Waals surface area contributed by atoms with Gasteiger partial charge in [0.2, 0.25) is 0 Å². The zero-order valence-corrected chi connectivity index (χ0v) is 14.2. The van der Waals surface area contributed by atoms with Crippen molar-refractivity contribution in [1.29, 1.82) is 0 Å². The minimum absolute atomic E-state index is 0.0206. The van der Waals surface area contributed by atoms with E-state index >= 15 is 0 Å². The second-order valence-corrected chi connectivity index (χ2v) is 6.58. The zero-order chi connectivity index (χ0) is 15.7. The van der Waals surface area contributed by atoms with E-state index in [2.05, 4.69) is 46.0 Å². The maximum absolute atomic E-state index is 10.8. The summed E-state index contributed by atoms with van der Waals surface area (Å²) in [7, 11) is 0. The number of hydrogen-bond donors (Lipinski definition) is 1. The smallest absolute Gasteiger partial charge is 0.313 e. The third-order valence-electron chi connectivity index (χ3n) is 3.37. The van der Waals surface area contributed by atoms with Crippen LogP contribution in [0.3, 0.4) is 0 Å². The van der Waals surface area contributed by atoms with E-state index in [1.165, 1.54) is 22.7 Å². The topological polar surface area (TPSA) is 55.1 Å². The third-order valence-corrected chi connectivity index (χ3v) is 4.87. The van der Waals surface area contributed by atoms with Gasteiger partial charge in [-0.3, -0.25) is 9.36 Å². The Kier molecular flexibility index (Phi) is 4.22. The van der Waals surface area contributed by atoms with Gasteiger partial charge in [-0.2, -0.15) is 0 Å². The van der Waals surface area contributed by atoms with Crippen LogP contribution in [0.5, 0.6) is 0 Å². The summed E-state index contributed by atoms with van der Waals surface area (Å²) in [5.74, 6) is -0.878. The molecule has 0 aliphatic carbocycles. The van der Waals surface area contributed by atoms with E-state index in [1.54, 1.807) is 6.20 Å². The molecule has 0 bridgehead atoms. The Morgan fingerprint density at radius 2 is 2.00 bits per heavy atom. The highest BCUT2D eigenvalue weighted by molar-refractivity contribution is 9.10. The number of hydrogen-bond acceptors (Lipinski definition) is 3. The first-order valence-electron chi connectivity index (χ1n) is 6.64. The van der Waals surface area contributed by atoms with E-state index in [0.29, 0.717) is 5.16 Å². The molecule has 0 aliphatic heterocycles. The number of aliphatic carboxylic acids is 1. The molecule has 6 heteroatoms. The van der Waals surface area contributed by atoms with Crippen molar-refractivity contribution < 1.29 is 9.90 Å². The number of rotatable bonds is 4. The average Bonchev–Trinajstić information content (AvgIpc) is 2.87. The third kappa shape index (κ3) is 2.76. The normalized spacial score (nSPS) is 11.0. The van der Waals surface area contributed by atoms with Crippen LogP contribution in [0, 0.1) is 6.92 Å². The Labute approximate surface area is 140 Å². The number of halogens is 1. The van der Waals surface area contributed by atoms with Gasteiger partial charge in [0.05, 0.1) is 17.6 Å². The molecular weight excluding hydrogens is 364 g/mol. The van der Waals surface area contributed by atoms with E-state index < -0.39 is 5.97 Å². The number of aryl methyl sites for hydroxylation is 1. The molecule has 0 saturated heterocycles. The largest absolute Gasteiger partial charge is 0.481 e. The number of imidazole rings is 1. The SMILES string of the molecule is Cc1ccc(-n2c(Br)cnc2SCC(=O)O)c2ccccc12. The van der Waals surface area contributed by atoms with Crippen molar-refractivity contribution in [2.24, 2.45) is 0 Å². The lowest BCUT2D eigenvalue weighted by molar-refractivity contribution is -0.133. The maximum Gasteiger partial charge on any atom is 0.313 e. The Morgan fingerprint density at radius 3 is 2.73 bits per heavy atom. The van der Waals surface area contributed by atoms with Gasteiger partial charge in [-0.1, -0.05) is 42.1 Å². The van der Waals surface area contributed by atoms with Gasteiger partial charge in [-0.15, -0.1) is 0 Å². The fraction of sp³-hybridized carbons (Fsp3) is 0.125. The summed E-state index contributed by atoms with van der Waals surface area (Å²) in [6.07, 6.45) is 1.69. The van der Waals surface area contributed by atoms with Crippen LogP contribution in [-0.4, -0.2) is 26.4 Å². The zero-order valence-electron chi connectivity index (χ0n) is 11.8. The fourth-order valence-corrected chi connectivity index (χ4v) is 3.67. The highest BCUT2D eigenvalue weighted by Crippen LogP contribution is 2.32. The number of benzene rings is 2. The van der Waals surface area contributed by atoms with Gasteiger partial charge in [0.1, 0.15) is 4.60 Å². The van der Waals surface area contributed by atoms with E-state index in [1.807, 2.05) is 22.8 Å². The van der Waals surface area contributed by atoms with Gasteiger partial charge in [0.15, 0.2) is 5.16 Å². The molecule has 0 fully saturated rings. The van der Waals surface area contributed by atoms with Crippen molar-refractivity contribution in [3.8, 4) is 5.69 Å². The molecule has 0 atom stereocenters. The standard InChI is InChI=1S/C16H13BrN2O2S/c1-10-6-7-13(12-5-3-2-4-11(10)12)19-14(17)8-18-16(19)22-9-15(20)21/h2-8H,9H2,1H3,(H,20,21). The molecule has 3 aromatic rings. The van der Waals surface area contributed by atoms with E-state index in [4.69, 9.17) is 5.11 Å². The Morgan fingerprint density at radius 1 is 1.27 bits per heavy atom. The lowest BCUT2D eigenvalue weighted by Crippen LogP contribution is -2.02. The molecule has 3 rings (SSSR count). The first-order valence-corrected chi connectivity index (χ1v) is 8.42. The molecule has 0 unspecified atom stereocenters. The van der Waals surface area contributed by atoms with Crippen molar-refractivity contribution in [2.45, 2.75) is 12.1 Å². The summed E-state index contributed by atoms with van der Waals surface area (Å²) in [6, 6.07) is 12.3. The van der Waals surface area contributed by atoms with Crippen LogP contribution in [0.2, 0.25) is 0 Å².